The van der Waals surface area contributed by atoms with Crippen molar-refractivity contribution < 1.29 is 44.0 Å². The lowest BCUT2D eigenvalue weighted by Crippen LogP contribution is -2.45. The standard InChI is InChI=1S/C29H47N5O9/c1-21(2)14-24(30)25(35)20-43-13-8-22-4-6-23(7-5-22)15-31-26(36)16-33(10-9-32(3)17-27(37)38)11-12-34(18-28(39)40)19-29(41)42/h4-7,21,24H,8-20,30H2,1-3H3,(H,31,36)(H,37,38)(H,39,40)(H,41,42)/t24-/m1/s1. The Balaban J connectivity index is 2.59. The van der Waals surface area contributed by atoms with E-state index in [-0.39, 0.29) is 51.0 Å². The molecule has 0 fully saturated rings. The minimum Gasteiger partial charge on any atom is -0.480 e. The lowest BCUT2D eigenvalue weighted by atomic mass is 10.0. The zero-order valence-corrected chi connectivity index (χ0v) is 25.4. The lowest BCUT2D eigenvalue weighted by Gasteiger charge is -2.27. The average Bonchev–Trinajstić information content (AvgIpc) is 2.90. The molecule has 0 saturated heterocycles. The first-order valence-corrected chi connectivity index (χ1v) is 14.2. The molecular weight excluding hydrogens is 562 g/mol. The smallest absolute Gasteiger partial charge is 0.317 e. The fraction of sp³-hybridized carbons (Fsp3) is 0.621. The number of likely N-dealkylation sites (N-methyl/N-ethyl adjacent to an activating group) is 1. The van der Waals surface area contributed by atoms with E-state index in [2.05, 4.69) is 5.32 Å². The van der Waals surface area contributed by atoms with E-state index in [1.54, 1.807) is 16.8 Å². The summed E-state index contributed by atoms with van der Waals surface area (Å²) in [6.45, 7) is 4.47. The number of ether oxygens (including phenoxy) is 1. The summed E-state index contributed by atoms with van der Waals surface area (Å²) in [6.07, 6.45) is 1.24. The first-order chi connectivity index (χ1) is 20.2. The predicted molar refractivity (Wildman–Crippen MR) is 159 cm³/mol. The molecule has 14 nitrogen and oxygen atoms in total. The third-order valence-electron chi connectivity index (χ3n) is 6.45. The number of amides is 1. The Hall–Kier alpha value is -3.43. The van der Waals surface area contributed by atoms with Crippen LogP contribution in [-0.4, -0.2) is 138 Å². The van der Waals surface area contributed by atoms with Crippen LogP contribution < -0.4 is 11.1 Å². The Bertz CT molecular complexity index is 1020. The van der Waals surface area contributed by atoms with E-state index < -0.39 is 37.0 Å². The average molecular weight is 610 g/mol. The second kappa shape index (κ2) is 20.5. The molecule has 0 aromatic heterocycles. The van der Waals surface area contributed by atoms with Gasteiger partial charge in [0, 0.05) is 32.7 Å². The van der Waals surface area contributed by atoms with Crippen LogP contribution in [0, 0.1) is 5.92 Å². The molecule has 1 aromatic rings. The highest BCUT2D eigenvalue weighted by molar-refractivity contribution is 5.84. The molecule has 0 aliphatic heterocycles. The molecule has 0 saturated carbocycles. The van der Waals surface area contributed by atoms with Crippen LogP contribution in [0.3, 0.4) is 0 Å². The van der Waals surface area contributed by atoms with Crippen molar-refractivity contribution in [1.29, 1.82) is 0 Å². The maximum absolute atomic E-state index is 12.7. The molecule has 0 radical (unpaired) electrons. The number of nitrogens with one attached hydrogen (secondary N) is 1. The van der Waals surface area contributed by atoms with Gasteiger partial charge in [0.05, 0.1) is 38.8 Å². The number of benzene rings is 1. The molecule has 6 N–H and O–H groups in total. The van der Waals surface area contributed by atoms with Gasteiger partial charge in [-0.15, -0.1) is 0 Å². The number of nitrogens with zero attached hydrogens (tertiary/aromatic N) is 3. The van der Waals surface area contributed by atoms with Crippen molar-refractivity contribution in [2.24, 2.45) is 11.7 Å². The molecule has 0 unspecified atom stereocenters. The molecular formula is C29H47N5O9. The molecule has 1 atom stereocenters. The Morgan fingerprint density at radius 3 is 1.91 bits per heavy atom. The number of hydrogen-bond donors (Lipinski definition) is 5. The van der Waals surface area contributed by atoms with Crippen molar-refractivity contribution in [3.05, 3.63) is 35.4 Å². The Kier molecular flexibility index (Phi) is 17.9. The molecule has 1 rings (SSSR count). The highest BCUT2D eigenvalue weighted by Gasteiger charge is 2.18. The summed E-state index contributed by atoms with van der Waals surface area (Å²) < 4.78 is 5.49. The fourth-order valence-corrected chi connectivity index (χ4v) is 4.16. The van der Waals surface area contributed by atoms with Crippen LogP contribution in [0.4, 0.5) is 0 Å². The molecule has 242 valence electrons. The number of carboxylic acid groups (broad SMARTS) is 3. The summed E-state index contributed by atoms with van der Waals surface area (Å²) in [4.78, 5) is 62.5. The largest absolute Gasteiger partial charge is 0.480 e. The fourth-order valence-electron chi connectivity index (χ4n) is 4.16. The highest BCUT2D eigenvalue weighted by Crippen LogP contribution is 2.07. The SMILES string of the molecule is CC(C)C[C@@H](N)C(=O)COCCc1ccc(CNC(=O)CN(CCN(C)CC(=O)O)CCN(CC(=O)O)CC(=O)O)cc1. The van der Waals surface area contributed by atoms with Gasteiger partial charge in [0.25, 0.3) is 0 Å². The Morgan fingerprint density at radius 1 is 0.814 bits per heavy atom. The molecule has 0 heterocycles. The second-order valence-electron chi connectivity index (χ2n) is 11.0. The summed E-state index contributed by atoms with van der Waals surface area (Å²) in [6, 6.07) is 7.09. The first kappa shape index (κ1) is 37.6. The van der Waals surface area contributed by atoms with Crippen molar-refractivity contribution in [3.8, 4) is 0 Å². The van der Waals surface area contributed by atoms with Gasteiger partial charge in [-0.3, -0.25) is 38.7 Å². The normalized spacial score (nSPS) is 12.2. The molecule has 1 amide bonds. The van der Waals surface area contributed by atoms with Crippen LogP contribution in [0.25, 0.3) is 0 Å². The van der Waals surface area contributed by atoms with Gasteiger partial charge in [-0.05, 0) is 36.9 Å². The van der Waals surface area contributed by atoms with Gasteiger partial charge < -0.3 is 31.1 Å². The minimum absolute atomic E-state index is 0.0119. The van der Waals surface area contributed by atoms with E-state index in [9.17, 15) is 24.0 Å². The number of carbonyl (C=O) groups excluding carboxylic acids is 2. The number of aliphatic carboxylic acids is 3. The van der Waals surface area contributed by atoms with E-state index in [1.807, 2.05) is 38.1 Å². The topological polar surface area (TPSA) is 203 Å². The van der Waals surface area contributed by atoms with E-state index in [0.717, 1.165) is 11.1 Å². The second-order valence-corrected chi connectivity index (χ2v) is 11.0. The van der Waals surface area contributed by atoms with Gasteiger partial charge in [-0.2, -0.15) is 0 Å². The maximum Gasteiger partial charge on any atom is 0.317 e. The van der Waals surface area contributed by atoms with Crippen LogP contribution in [0.15, 0.2) is 24.3 Å². The van der Waals surface area contributed by atoms with Gasteiger partial charge in [0.1, 0.15) is 6.61 Å². The van der Waals surface area contributed by atoms with Crippen LogP contribution in [0.5, 0.6) is 0 Å². The lowest BCUT2D eigenvalue weighted by molar-refractivity contribution is -0.142. The van der Waals surface area contributed by atoms with Crippen LogP contribution >= 0.6 is 0 Å². The third-order valence-corrected chi connectivity index (χ3v) is 6.45. The van der Waals surface area contributed by atoms with Gasteiger partial charge in [0.15, 0.2) is 5.78 Å². The number of nitrogens with two attached hydrogens (primary N) is 1. The summed E-state index contributed by atoms with van der Waals surface area (Å²) in [5.41, 5.74) is 7.76. The van der Waals surface area contributed by atoms with E-state index in [4.69, 9.17) is 25.8 Å². The monoisotopic (exact) mass is 609 g/mol. The molecule has 0 spiro atoms. The number of carboxylic acids is 3. The van der Waals surface area contributed by atoms with E-state index >= 15 is 0 Å². The third kappa shape index (κ3) is 18.7. The zero-order chi connectivity index (χ0) is 32.4. The maximum atomic E-state index is 12.7. The quantitative estimate of drug-likeness (QED) is 0.0948. The van der Waals surface area contributed by atoms with Gasteiger partial charge in [0.2, 0.25) is 5.91 Å². The summed E-state index contributed by atoms with van der Waals surface area (Å²) in [7, 11) is 1.63. The summed E-state index contributed by atoms with van der Waals surface area (Å²) in [5.74, 6) is -3.38. The summed E-state index contributed by atoms with van der Waals surface area (Å²) >= 11 is 0. The van der Waals surface area contributed by atoms with Crippen molar-refractivity contribution in [2.45, 2.75) is 39.3 Å². The number of rotatable bonds is 24. The number of Topliss-reactive ketones (excluding diaryl/α,β-unsaturated/α-hetero) is 1. The number of hydrogen-bond acceptors (Lipinski definition) is 10. The number of ketones is 1. The Morgan fingerprint density at radius 2 is 1.35 bits per heavy atom. The van der Waals surface area contributed by atoms with Crippen LogP contribution in [0.1, 0.15) is 31.4 Å². The number of carbonyl (C=O) groups is 5. The minimum atomic E-state index is -1.16. The molecule has 0 aliphatic carbocycles. The van der Waals surface area contributed by atoms with E-state index in [0.29, 0.717) is 38.5 Å². The van der Waals surface area contributed by atoms with Gasteiger partial charge >= 0.3 is 17.9 Å². The molecule has 43 heavy (non-hydrogen) atoms. The molecule has 0 bridgehead atoms. The van der Waals surface area contributed by atoms with Crippen molar-refractivity contribution >= 4 is 29.6 Å². The van der Waals surface area contributed by atoms with Gasteiger partial charge in [-0.1, -0.05) is 38.1 Å². The molecule has 14 heteroatoms. The van der Waals surface area contributed by atoms with Crippen molar-refractivity contribution in [1.82, 2.24) is 20.0 Å². The predicted octanol–water partition coefficient (Wildman–Crippen LogP) is -0.406. The molecule has 1 aromatic carbocycles. The van der Waals surface area contributed by atoms with Crippen LogP contribution in [0.2, 0.25) is 0 Å². The van der Waals surface area contributed by atoms with Crippen LogP contribution in [-0.2, 0) is 41.7 Å². The zero-order valence-electron chi connectivity index (χ0n) is 25.4. The molecule has 0 aliphatic rings. The Labute approximate surface area is 252 Å². The summed E-state index contributed by atoms with van der Waals surface area (Å²) in [5, 5.41) is 30.0. The van der Waals surface area contributed by atoms with Crippen molar-refractivity contribution in [3.63, 3.8) is 0 Å². The van der Waals surface area contributed by atoms with Crippen molar-refractivity contribution in [2.75, 3.05) is 72.6 Å². The first-order valence-electron chi connectivity index (χ1n) is 14.2. The highest BCUT2D eigenvalue weighted by atomic mass is 16.5. The van der Waals surface area contributed by atoms with E-state index in [1.165, 1.54) is 4.90 Å². The van der Waals surface area contributed by atoms with Gasteiger partial charge in [-0.25, -0.2) is 0 Å².